The Balaban J connectivity index is 2.56. The number of nitrogen functional groups attached to an aromatic ring is 1. The van der Waals surface area contributed by atoms with Gasteiger partial charge in [-0.05, 0) is 19.2 Å². The van der Waals surface area contributed by atoms with Crippen LogP contribution in [-0.4, -0.2) is 34.3 Å². The topological polar surface area (TPSA) is 100.0 Å². The zero-order valence-corrected chi connectivity index (χ0v) is 9.57. The first-order valence-electron chi connectivity index (χ1n) is 5.33. The molecule has 6 nitrogen and oxygen atoms in total. The molecule has 0 unspecified atom stereocenters. The minimum atomic E-state index is -0.0473. The maximum absolute atomic E-state index is 9.94. The lowest BCUT2D eigenvalue weighted by molar-refractivity contribution is 0.187. The predicted octanol–water partition coefficient (Wildman–Crippen LogP) is 0.320. The van der Waals surface area contributed by atoms with Gasteiger partial charge in [0.2, 0.25) is 0 Å². The number of imidazole rings is 1. The second-order valence-corrected chi connectivity index (χ2v) is 3.78. The summed E-state index contributed by atoms with van der Waals surface area (Å²) in [6.07, 6.45) is 0.610. The average Bonchev–Trinajstić information content (AvgIpc) is 2.63. The lowest BCUT2D eigenvalue weighted by atomic mass is 10.2. The van der Waals surface area contributed by atoms with Crippen LogP contribution in [0.3, 0.4) is 0 Å². The number of benzene rings is 1. The van der Waals surface area contributed by atoms with Crippen LogP contribution in [0.1, 0.15) is 11.4 Å². The summed E-state index contributed by atoms with van der Waals surface area (Å²) < 4.78 is 1.05. The Kier molecular flexibility index (Phi) is 2.97. The van der Waals surface area contributed by atoms with Crippen LogP contribution < -0.4 is 11.1 Å². The lowest BCUT2D eigenvalue weighted by Gasteiger charge is -2.00. The van der Waals surface area contributed by atoms with Crippen molar-refractivity contribution in [3.8, 4) is 0 Å². The van der Waals surface area contributed by atoms with Gasteiger partial charge in [0.05, 0.1) is 0 Å². The molecule has 6 heteroatoms. The first-order valence-corrected chi connectivity index (χ1v) is 5.33. The number of hydrogen-bond acceptors (Lipinski definition) is 4. The molecule has 17 heavy (non-hydrogen) atoms. The molecule has 0 saturated heterocycles. The van der Waals surface area contributed by atoms with Gasteiger partial charge < -0.3 is 16.3 Å². The number of nitrogens with zero attached hydrogens (tertiary/aromatic N) is 2. The van der Waals surface area contributed by atoms with Gasteiger partial charge in [-0.2, -0.15) is 4.73 Å². The Morgan fingerprint density at radius 3 is 3.00 bits per heavy atom. The van der Waals surface area contributed by atoms with E-state index in [0.717, 1.165) is 11.3 Å². The molecule has 0 amide bonds. The van der Waals surface area contributed by atoms with Crippen LogP contribution in [0.2, 0.25) is 0 Å². The quantitative estimate of drug-likeness (QED) is 0.347. The summed E-state index contributed by atoms with van der Waals surface area (Å²) in [5.74, 6) is 0.511. The standard InChI is InChI=1S/C11H15N5O/c1-14-6-5-9-15-10-7(11(12)13)3-2-4-8(10)16(9)17/h2-4,14,17H,5-6H2,1H3,(H3,12,13). The molecule has 5 N–H and O–H groups in total. The van der Waals surface area contributed by atoms with Crippen molar-refractivity contribution in [3.63, 3.8) is 0 Å². The molecule has 2 aromatic rings. The van der Waals surface area contributed by atoms with Crippen LogP contribution in [0.5, 0.6) is 0 Å². The Morgan fingerprint density at radius 1 is 1.59 bits per heavy atom. The molecule has 2 rings (SSSR count). The highest BCUT2D eigenvalue weighted by atomic mass is 16.5. The second-order valence-electron chi connectivity index (χ2n) is 3.78. The van der Waals surface area contributed by atoms with Gasteiger partial charge in [-0.3, -0.25) is 5.41 Å². The molecule has 0 radical (unpaired) electrons. The number of fused-ring (bicyclic) bond motifs is 1. The molecule has 1 aromatic carbocycles. The van der Waals surface area contributed by atoms with Crippen molar-refractivity contribution in [2.24, 2.45) is 5.73 Å². The van der Waals surface area contributed by atoms with Crippen LogP contribution in [0.4, 0.5) is 0 Å². The summed E-state index contributed by atoms with van der Waals surface area (Å²) in [4.78, 5) is 4.32. The largest absolute Gasteiger partial charge is 0.427 e. The van der Waals surface area contributed by atoms with Gasteiger partial charge in [-0.25, -0.2) is 4.98 Å². The Hall–Kier alpha value is -2.08. The highest BCUT2D eigenvalue weighted by Crippen LogP contribution is 2.18. The van der Waals surface area contributed by atoms with Crippen molar-refractivity contribution in [1.29, 1.82) is 5.41 Å². The van der Waals surface area contributed by atoms with Gasteiger partial charge in [0.15, 0.2) is 0 Å². The number of amidine groups is 1. The van der Waals surface area contributed by atoms with Crippen LogP contribution in [0, 0.1) is 5.41 Å². The summed E-state index contributed by atoms with van der Waals surface area (Å²) in [6.45, 7) is 0.722. The summed E-state index contributed by atoms with van der Waals surface area (Å²) in [7, 11) is 1.84. The summed E-state index contributed by atoms with van der Waals surface area (Å²) in [6, 6.07) is 5.21. The van der Waals surface area contributed by atoms with Gasteiger partial charge in [0, 0.05) is 18.5 Å². The van der Waals surface area contributed by atoms with E-state index in [9.17, 15) is 5.21 Å². The van der Waals surface area contributed by atoms with Gasteiger partial charge in [0.1, 0.15) is 22.7 Å². The fraction of sp³-hybridized carbons (Fsp3) is 0.273. The van der Waals surface area contributed by atoms with Crippen molar-refractivity contribution < 1.29 is 5.21 Å². The first-order chi connectivity index (χ1) is 8.15. The van der Waals surface area contributed by atoms with Crippen molar-refractivity contribution in [2.45, 2.75) is 6.42 Å². The molecule has 0 bridgehead atoms. The SMILES string of the molecule is CNCCc1nc2c(C(=N)N)cccc2n1O. The Bertz CT molecular complexity index is 560. The van der Waals surface area contributed by atoms with Crippen LogP contribution >= 0.6 is 0 Å². The van der Waals surface area contributed by atoms with Gasteiger partial charge in [-0.15, -0.1) is 0 Å². The number of nitrogens with one attached hydrogen (secondary N) is 2. The first kappa shape index (κ1) is 11.4. The third-order valence-electron chi connectivity index (χ3n) is 2.62. The number of rotatable bonds is 4. The minimum Gasteiger partial charge on any atom is -0.427 e. The van der Waals surface area contributed by atoms with Gasteiger partial charge in [-0.1, -0.05) is 6.07 Å². The molecule has 90 valence electrons. The maximum atomic E-state index is 9.94. The molecule has 0 spiro atoms. The van der Waals surface area contributed by atoms with E-state index < -0.39 is 0 Å². The number of para-hydroxylation sites is 1. The molecule has 0 aliphatic rings. The molecule has 1 heterocycles. The van der Waals surface area contributed by atoms with Gasteiger partial charge in [0.25, 0.3) is 0 Å². The Morgan fingerprint density at radius 2 is 2.35 bits per heavy atom. The molecule has 0 aliphatic heterocycles. The third-order valence-corrected chi connectivity index (χ3v) is 2.62. The van der Waals surface area contributed by atoms with Crippen molar-refractivity contribution in [3.05, 3.63) is 29.6 Å². The average molecular weight is 233 g/mol. The Labute approximate surface area is 98.5 Å². The lowest BCUT2D eigenvalue weighted by Crippen LogP contribution is -2.13. The number of nitrogens with two attached hydrogens (primary N) is 1. The molecule has 1 aromatic heterocycles. The summed E-state index contributed by atoms with van der Waals surface area (Å²) in [5.41, 5.74) is 7.16. The number of hydrogen-bond donors (Lipinski definition) is 4. The smallest absolute Gasteiger partial charge is 0.147 e. The zero-order chi connectivity index (χ0) is 12.4. The van der Waals surface area contributed by atoms with E-state index in [1.165, 1.54) is 0 Å². The molecular formula is C11H15N5O. The van der Waals surface area contributed by atoms with E-state index >= 15 is 0 Å². The molecule has 0 aliphatic carbocycles. The molecule has 0 saturated carbocycles. The van der Waals surface area contributed by atoms with Crippen molar-refractivity contribution >= 4 is 16.9 Å². The van der Waals surface area contributed by atoms with Crippen LogP contribution in [-0.2, 0) is 6.42 Å². The van der Waals surface area contributed by atoms with E-state index in [2.05, 4.69) is 10.3 Å². The van der Waals surface area contributed by atoms with E-state index in [-0.39, 0.29) is 5.84 Å². The predicted molar refractivity (Wildman–Crippen MR) is 65.6 cm³/mol. The zero-order valence-electron chi connectivity index (χ0n) is 9.57. The fourth-order valence-corrected chi connectivity index (χ4v) is 1.75. The van der Waals surface area contributed by atoms with E-state index in [1.54, 1.807) is 18.2 Å². The van der Waals surface area contributed by atoms with E-state index in [4.69, 9.17) is 11.1 Å². The molecular weight excluding hydrogens is 218 g/mol. The number of aromatic nitrogens is 2. The number of likely N-dealkylation sites (N-methyl/N-ethyl adjacent to an activating group) is 1. The summed E-state index contributed by atoms with van der Waals surface area (Å²) in [5, 5.41) is 20.4. The fourth-order valence-electron chi connectivity index (χ4n) is 1.75. The van der Waals surface area contributed by atoms with E-state index in [1.807, 2.05) is 7.05 Å². The molecule has 0 atom stereocenters. The highest BCUT2D eigenvalue weighted by Gasteiger charge is 2.13. The van der Waals surface area contributed by atoms with Crippen molar-refractivity contribution in [2.75, 3.05) is 13.6 Å². The normalized spacial score (nSPS) is 10.9. The van der Waals surface area contributed by atoms with Gasteiger partial charge >= 0.3 is 0 Å². The second kappa shape index (κ2) is 4.42. The van der Waals surface area contributed by atoms with Crippen LogP contribution in [0.25, 0.3) is 11.0 Å². The monoisotopic (exact) mass is 233 g/mol. The van der Waals surface area contributed by atoms with E-state index in [0.29, 0.717) is 28.8 Å². The molecule has 0 fully saturated rings. The summed E-state index contributed by atoms with van der Waals surface area (Å²) >= 11 is 0. The third kappa shape index (κ3) is 1.94. The maximum Gasteiger partial charge on any atom is 0.147 e. The highest BCUT2D eigenvalue weighted by molar-refractivity contribution is 6.05. The van der Waals surface area contributed by atoms with Crippen molar-refractivity contribution in [1.82, 2.24) is 15.0 Å². The minimum absolute atomic E-state index is 0.0473. The van der Waals surface area contributed by atoms with Crippen LogP contribution in [0.15, 0.2) is 18.2 Å².